The number of thiazole rings is 1. The van der Waals surface area contributed by atoms with Crippen molar-refractivity contribution < 1.29 is 4.42 Å². The van der Waals surface area contributed by atoms with E-state index in [-0.39, 0.29) is 11.4 Å². The molecule has 0 aliphatic carbocycles. The lowest BCUT2D eigenvalue weighted by atomic mass is 10.0. The molecule has 1 aliphatic heterocycles. The van der Waals surface area contributed by atoms with E-state index in [0.717, 1.165) is 15.8 Å². The zero-order valence-electron chi connectivity index (χ0n) is 15.6. The Balaban J connectivity index is 1.53. The summed E-state index contributed by atoms with van der Waals surface area (Å²) in [7, 11) is 0. The monoisotopic (exact) mass is 433 g/mol. The van der Waals surface area contributed by atoms with Gasteiger partial charge >= 0.3 is 0 Å². The lowest BCUT2D eigenvalue weighted by molar-refractivity contribution is 0.558. The first-order chi connectivity index (χ1) is 14.6. The summed E-state index contributed by atoms with van der Waals surface area (Å²) in [5, 5.41) is 22.1. The van der Waals surface area contributed by atoms with Gasteiger partial charge in [-0.2, -0.15) is 0 Å². The Morgan fingerprint density at radius 1 is 1.03 bits per heavy atom. The third-order valence-electron chi connectivity index (χ3n) is 4.89. The van der Waals surface area contributed by atoms with Crippen molar-refractivity contribution in [2.45, 2.75) is 12.2 Å². The number of halogens is 1. The van der Waals surface area contributed by atoms with Crippen molar-refractivity contribution in [3.8, 4) is 0 Å². The maximum Gasteiger partial charge on any atom is 0.153 e. The van der Waals surface area contributed by atoms with Crippen molar-refractivity contribution in [2.75, 3.05) is 0 Å². The molecule has 0 saturated heterocycles. The quantitative estimate of drug-likeness (QED) is 0.382. The second kappa shape index (κ2) is 7.60. The minimum absolute atomic E-state index is 0.153. The Hall–Kier alpha value is -3.13. The molecule has 0 spiro atoms. The molecule has 2 atom stereocenters. The number of hydrogen-bond donors (Lipinski definition) is 3. The number of aromatic nitrogens is 1. The molecule has 8 heteroatoms. The number of nitrogens with one attached hydrogen (secondary N) is 3. The number of aliphatic imine (C=N–C) groups is 1. The molecule has 2 unspecified atom stereocenters. The normalized spacial score (nSPS) is 18.5. The Bertz CT molecular complexity index is 1240. The van der Waals surface area contributed by atoms with E-state index in [1.54, 1.807) is 24.3 Å². The number of nitrogens with zero attached hydrogens (tertiary/aromatic N) is 2. The van der Waals surface area contributed by atoms with Crippen LogP contribution < -0.4 is 5.32 Å². The summed E-state index contributed by atoms with van der Waals surface area (Å²) in [6.07, 6.45) is 1.13. The van der Waals surface area contributed by atoms with E-state index in [1.165, 1.54) is 17.6 Å². The zero-order valence-corrected chi connectivity index (χ0v) is 17.2. The molecule has 0 bridgehead atoms. The smallest absolute Gasteiger partial charge is 0.153 e. The summed E-state index contributed by atoms with van der Waals surface area (Å²) in [5.41, 5.74) is 2.65. The van der Waals surface area contributed by atoms with Gasteiger partial charge in [0.05, 0.1) is 33.9 Å². The number of furan rings is 1. The minimum atomic E-state index is -0.580. The second-order valence-electron chi connectivity index (χ2n) is 6.82. The van der Waals surface area contributed by atoms with Gasteiger partial charge in [-0.05, 0) is 42.0 Å². The fourth-order valence-corrected chi connectivity index (χ4v) is 4.46. The fourth-order valence-electron chi connectivity index (χ4n) is 3.39. The van der Waals surface area contributed by atoms with Gasteiger partial charge in [0, 0.05) is 5.02 Å². The Morgan fingerprint density at radius 3 is 2.57 bits per heavy atom. The number of rotatable bonds is 5. The molecule has 0 radical (unpaired) electrons. The molecule has 3 heterocycles. The van der Waals surface area contributed by atoms with Crippen LogP contribution in [0.4, 0.5) is 0 Å². The highest BCUT2D eigenvalue weighted by Crippen LogP contribution is 2.28. The second-order valence-corrected chi connectivity index (χ2v) is 8.29. The standard InChI is InChI=1S/C22H16ClN5OS/c23-13-9-7-12(8-10-13)21-27-19(17(24)15-5-3-11-29-15)20(28-21)18(25)22-26-14-4-1-2-6-16(14)30-22/h1-11,20-21,24-25,28H. The van der Waals surface area contributed by atoms with Crippen molar-refractivity contribution in [2.24, 2.45) is 4.99 Å². The molecule has 3 N–H and O–H groups in total. The maximum atomic E-state index is 8.85. The number of fused-ring (bicyclic) bond motifs is 1. The maximum absolute atomic E-state index is 8.85. The van der Waals surface area contributed by atoms with E-state index in [9.17, 15) is 0 Å². The van der Waals surface area contributed by atoms with Gasteiger partial charge in [-0.15, -0.1) is 11.3 Å². The van der Waals surface area contributed by atoms with Crippen LogP contribution in [-0.2, 0) is 0 Å². The molecule has 148 valence electrons. The molecule has 0 saturated carbocycles. The highest BCUT2D eigenvalue weighted by atomic mass is 35.5. The molecule has 1 aliphatic rings. The van der Waals surface area contributed by atoms with Gasteiger partial charge in [0.25, 0.3) is 0 Å². The van der Waals surface area contributed by atoms with E-state index < -0.39 is 12.2 Å². The lowest BCUT2D eigenvalue weighted by Crippen LogP contribution is -2.42. The highest BCUT2D eigenvalue weighted by Gasteiger charge is 2.36. The molecular weight excluding hydrogens is 418 g/mol. The minimum Gasteiger partial charge on any atom is -0.463 e. The van der Waals surface area contributed by atoms with Gasteiger partial charge in [0.1, 0.15) is 16.9 Å². The largest absolute Gasteiger partial charge is 0.463 e. The van der Waals surface area contributed by atoms with Crippen LogP contribution in [0, 0.1) is 10.8 Å². The lowest BCUT2D eigenvalue weighted by Gasteiger charge is -2.15. The van der Waals surface area contributed by atoms with Gasteiger partial charge < -0.3 is 9.83 Å². The summed E-state index contributed by atoms with van der Waals surface area (Å²) in [5.74, 6) is 0.411. The summed E-state index contributed by atoms with van der Waals surface area (Å²) in [6, 6.07) is 18.1. The van der Waals surface area contributed by atoms with E-state index in [4.69, 9.17) is 31.8 Å². The van der Waals surface area contributed by atoms with Gasteiger partial charge in [-0.1, -0.05) is 35.9 Å². The van der Waals surface area contributed by atoms with Crippen molar-refractivity contribution in [3.05, 3.63) is 88.3 Å². The Labute approximate surface area is 181 Å². The first-order valence-electron chi connectivity index (χ1n) is 9.26. The Morgan fingerprint density at radius 2 is 1.83 bits per heavy atom. The van der Waals surface area contributed by atoms with Crippen LogP contribution in [0.15, 0.2) is 76.3 Å². The molecule has 6 nitrogen and oxygen atoms in total. The topological polar surface area (TPSA) is 98.1 Å². The highest BCUT2D eigenvalue weighted by molar-refractivity contribution is 7.20. The van der Waals surface area contributed by atoms with Crippen LogP contribution in [0.3, 0.4) is 0 Å². The summed E-state index contributed by atoms with van der Waals surface area (Å²) in [4.78, 5) is 9.35. The van der Waals surface area contributed by atoms with E-state index in [0.29, 0.717) is 21.5 Å². The van der Waals surface area contributed by atoms with Gasteiger partial charge in [0.2, 0.25) is 0 Å². The van der Waals surface area contributed by atoms with Crippen LogP contribution in [0.25, 0.3) is 10.2 Å². The average Bonchev–Trinajstić information content (AvgIpc) is 3.52. The molecule has 2 aromatic heterocycles. The molecule has 0 amide bonds. The van der Waals surface area contributed by atoms with Crippen molar-refractivity contribution in [1.82, 2.24) is 10.3 Å². The summed E-state index contributed by atoms with van der Waals surface area (Å²) in [6.45, 7) is 0. The number of para-hydroxylation sites is 1. The third kappa shape index (κ3) is 3.37. The average molecular weight is 434 g/mol. The van der Waals surface area contributed by atoms with Crippen molar-refractivity contribution >= 4 is 50.3 Å². The third-order valence-corrected chi connectivity index (χ3v) is 6.21. The molecular formula is C22H16ClN5OS. The van der Waals surface area contributed by atoms with Crippen LogP contribution in [-0.4, -0.2) is 28.2 Å². The van der Waals surface area contributed by atoms with E-state index in [1.807, 2.05) is 36.4 Å². The fraction of sp³-hybridized carbons (Fsp3) is 0.0909. The first-order valence-corrected chi connectivity index (χ1v) is 10.5. The van der Waals surface area contributed by atoms with Crippen molar-refractivity contribution in [1.29, 1.82) is 10.8 Å². The van der Waals surface area contributed by atoms with E-state index >= 15 is 0 Å². The molecule has 30 heavy (non-hydrogen) atoms. The zero-order chi connectivity index (χ0) is 20.7. The van der Waals surface area contributed by atoms with Crippen LogP contribution in [0.1, 0.15) is 22.5 Å². The molecule has 0 fully saturated rings. The van der Waals surface area contributed by atoms with Crippen molar-refractivity contribution in [3.63, 3.8) is 0 Å². The SMILES string of the molecule is N=C(C1=NC(c2ccc(Cl)cc2)NC1C(=N)c1nc2ccccc2s1)c1ccco1. The predicted molar refractivity (Wildman–Crippen MR) is 121 cm³/mol. The molecule has 4 aromatic rings. The van der Waals surface area contributed by atoms with Gasteiger partial charge in [-0.25, -0.2) is 4.98 Å². The Kier molecular flexibility index (Phi) is 4.78. The van der Waals surface area contributed by atoms with Crippen LogP contribution in [0.2, 0.25) is 5.02 Å². The van der Waals surface area contributed by atoms with Gasteiger partial charge in [-0.3, -0.25) is 15.7 Å². The number of hydrogen-bond acceptors (Lipinski definition) is 7. The van der Waals surface area contributed by atoms with Crippen LogP contribution in [0.5, 0.6) is 0 Å². The van der Waals surface area contributed by atoms with E-state index in [2.05, 4.69) is 10.3 Å². The van der Waals surface area contributed by atoms with Gasteiger partial charge in [0.15, 0.2) is 5.76 Å². The summed E-state index contributed by atoms with van der Waals surface area (Å²) < 4.78 is 6.43. The molecule has 2 aromatic carbocycles. The first kappa shape index (κ1) is 18.9. The molecule has 5 rings (SSSR count). The number of benzene rings is 2. The van der Waals surface area contributed by atoms with Crippen LogP contribution >= 0.6 is 22.9 Å². The summed E-state index contributed by atoms with van der Waals surface area (Å²) >= 11 is 7.48. The predicted octanol–water partition coefficient (Wildman–Crippen LogP) is 5.09.